The number of aldehydes is 1. The number of halogens is 1. The first-order chi connectivity index (χ1) is 19.9. The molecule has 3 heterocycles. The smallest absolute Gasteiger partial charge is 0.349 e. The van der Waals surface area contributed by atoms with Crippen LogP contribution in [0.3, 0.4) is 0 Å². The summed E-state index contributed by atoms with van der Waals surface area (Å²) in [6, 6.07) is 9.24. The van der Waals surface area contributed by atoms with Gasteiger partial charge in [-0.15, -0.1) is 27.8 Å². The van der Waals surface area contributed by atoms with Crippen molar-refractivity contribution < 1.29 is 19.4 Å². The number of carbonyl (C=O) groups is 2. The molecular formula is C30H33ClN4O4S2. The SMILES string of the molecule is CN(CCCn1nnc2cc(C=O)c3c(c21)CCC3)C1CCC(OC(=O)[C@@](O)(c2cccs2)c2ccc(Cl)s2)CC1. The quantitative estimate of drug-likeness (QED) is 0.183. The van der Waals surface area contributed by atoms with Crippen LogP contribution in [0.25, 0.3) is 11.0 Å². The van der Waals surface area contributed by atoms with Crippen LogP contribution in [0.1, 0.15) is 69.8 Å². The lowest BCUT2D eigenvalue weighted by Gasteiger charge is -2.35. The van der Waals surface area contributed by atoms with Crippen molar-refractivity contribution >= 4 is 57.6 Å². The summed E-state index contributed by atoms with van der Waals surface area (Å²) in [7, 11) is 2.15. The summed E-state index contributed by atoms with van der Waals surface area (Å²) in [5.41, 5.74) is 3.20. The topological polar surface area (TPSA) is 97.5 Å². The van der Waals surface area contributed by atoms with Gasteiger partial charge in [0.15, 0.2) is 0 Å². The third kappa shape index (κ3) is 5.48. The van der Waals surface area contributed by atoms with Crippen LogP contribution in [-0.4, -0.2) is 63.0 Å². The predicted molar refractivity (Wildman–Crippen MR) is 161 cm³/mol. The Morgan fingerprint density at radius 2 is 2.02 bits per heavy atom. The molecule has 0 bridgehead atoms. The molecule has 1 N–H and O–H groups in total. The van der Waals surface area contributed by atoms with Gasteiger partial charge in [-0.3, -0.25) is 4.79 Å². The Balaban J connectivity index is 1.03. The minimum Gasteiger partial charge on any atom is -0.460 e. The van der Waals surface area contributed by atoms with Gasteiger partial charge in [-0.2, -0.15) is 0 Å². The van der Waals surface area contributed by atoms with Gasteiger partial charge in [-0.1, -0.05) is 22.9 Å². The lowest BCUT2D eigenvalue weighted by molar-refractivity contribution is -0.169. The number of hydrogen-bond donors (Lipinski definition) is 1. The molecule has 8 nitrogen and oxygen atoms in total. The molecule has 1 fully saturated rings. The molecule has 1 saturated carbocycles. The van der Waals surface area contributed by atoms with Crippen LogP contribution >= 0.6 is 34.3 Å². The molecule has 2 aliphatic rings. The molecule has 0 amide bonds. The number of aliphatic hydroxyl groups is 1. The average molecular weight is 613 g/mol. The number of esters is 1. The summed E-state index contributed by atoms with van der Waals surface area (Å²) in [6.07, 6.45) is 7.99. The molecule has 0 aliphatic heterocycles. The molecule has 41 heavy (non-hydrogen) atoms. The van der Waals surface area contributed by atoms with E-state index in [0.29, 0.717) is 20.1 Å². The highest BCUT2D eigenvalue weighted by Crippen LogP contribution is 2.40. The van der Waals surface area contributed by atoms with Crippen LogP contribution in [-0.2, 0) is 34.5 Å². The van der Waals surface area contributed by atoms with Gasteiger partial charge >= 0.3 is 5.97 Å². The number of benzene rings is 1. The number of carbonyl (C=O) groups excluding carboxylic acids is 2. The van der Waals surface area contributed by atoms with Crippen LogP contribution in [0.15, 0.2) is 35.7 Å². The van der Waals surface area contributed by atoms with Crippen molar-refractivity contribution in [1.82, 2.24) is 19.9 Å². The molecule has 0 spiro atoms. The van der Waals surface area contributed by atoms with Gasteiger partial charge in [0.05, 0.1) is 19.6 Å². The fraction of sp³-hybridized carbons (Fsp3) is 0.467. The van der Waals surface area contributed by atoms with Gasteiger partial charge in [-0.25, -0.2) is 9.48 Å². The minimum atomic E-state index is -1.85. The maximum absolute atomic E-state index is 13.4. The Morgan fingerprint density at radius 1 is 1.22 bits per heavy atom. The van der Waals surface area contributed by atoms with E-state index >= 15 is 0 Å². The van der Waals surface area contributed by atoms with Crippen molar-refractivity contribution in [2.75, 3.05) is 13.6 Å². The van der Waals surface area contributed by atoms with E-state index in [4.69, 9.17) is 16.3 Å². The zero-order chi connectivity index (χ0) is 28.6. The molecular weight excluding hydrogens is 580 g/mol. The molecule has 4 aromatic rings. The van der Waals surface area contributed by atoms with Crippen LogP contribution < -0.4 is 0 Å². The van der Waals surface area contributed by atoms with Crippen molar-refractivity contribution in [3.63, 3.8) is 0 Å². The number of aromatic nitrogens is 3. The monoisotopic (exact) mass is 612 g/mol. The van der Waals surface area contributed by atoms with E-state index in [9.17, 15) is 14.7 Å². The molecule has 0 saturated heterocycles. The fourth-order valence-corrected chi connectivity index (χ4v) is 8.39. The van der Waals surface area contributed by atoms with Crippen LogP contribution in [0, 0.1) is 0 Å². The van der Waals surface area contributed by atoms with E-state index in [1.807, 2.05) is 22.2 Å². The molecule has 216 valence electrons. The predicted octanol–water partition coefficient (Wildman–Crippen LogP) is 5.62. The fourth-order valence-electron chi connectivity index (χ4n) is 6.36. The second kappa shape index (κ2) is 11.9. The van der Waals surface area contributed by atoms with Gasteiger partial charge in [-0.05, 0) is 106 Å². The highest BCUT2D eigenvalue weighted by Gasteiger charge is 2.45. The third-order valence-electron chi connectivity index (χ3n) is 8.56. The number of fused-ring (bicyclic) bond motifs is 3. The van der Waals surface area contributed by atoms with Gasteiger partial charge in [0.1, 0.15) is 17.9 Å². The Hall–Kier alpha value is -2.63. The van der Waals surface area contributed by atoms with E-state index in [2.05, 4.69) is 22.3 Å². The molecule has 3 aromatic heterocycles. The molecule has 6 rings (SSSR count). The van der Waals surface area contributed by atoms with E-state index in [1.54, 1.807) is 18.2 Å². The van der Waals surface area contributed by atoms with E-state index in [0.717, 1.165) is 87.3 Å². The lowest BCUT2D eigenvalue weighted by atomic mass is 9.91. The molecule has 0 radical (unpaired) electrons. The molecule has 1 atom stereocenters. The Bertz CT molecular complexity index is 1540. The largest absolute Gasteiger partial charge is 0.460 e. The zero-order valence-corrected chi connectivity index (χ0v) is 25.3. The normalized spacial score (nSPS) is 20.3. The lowest BCUT2D eigenvalue weighted by Crippen LogP contribution is -2.42. The van der Waals surface area contributed by atoms with Crippen molar-refractivity contribution in [3.05, 3.63) is 66.5 Å². The number of aryl methyl sites for hydroxylation is 2. The second-order valence-corrected chi connectivity index (χ2v) is 13.7. The summed E-state index contributed by atoms with van der Waals surface area (Å²) in [6.45, 7) is 1.69. The first kappa shape index (κ1) is 28.5. The van der Waals surface area contributed by atoms with Crippen LogP contribution in [0.2, 0.25) is 4.34 Å². The minimum absolute atomic E-state index is 0.228. The van der Waals surface area contributed by atoms with Crippen molar-refractivity contribution in [2.24, 2.45) is 0 Å². The van der Waals surface area contributed by atoms with Gasteiger partial charge in [0, 0.05) is 18.2 Å². The first-order valence-corrected chi connectivity index (χ1v) is 16.2. The van der Waals surface area contributed by atoms with Crippen LogP contribution in [0.5, 0.6) is 0 Å². The number of thiophene rings is 2. The summed E-state index contributed by atoms with van der Waals surface area (Å²) < 4.78 is 8.44. The molecule has 0 unspecified atom stereocenters. The van der Waals surface area contributed by atoms with Gasteiger partial charge in [0.25, 0.3) is 0 Å². The highest BCUT2D eigenvalue weighted by atomic mass is 35.5. The molecule has 1 aromatic carbocycles. The summed E-state index contributed by atoms with van der Waals surface area (Å²) in [5.74, 6) is -0.637. The van der Waals surface area contributed by atoms with E-state index in [-0.39, 0.29) is 6.10 Å². The first-order valence-electron chi connectivity index (χ1n) is 14.1. The third-order valence-corrected chi connectivity index (χ3v) is 10.9. The van der Waals surface area contributed by atoms with E-state index in [1.165, 1.54) is 33.8 Å². The number of ether oxygens (including phenoxy) is 1. The Kier molecular flexibility index (Phi) is 8.29. The van der Waals surface area contributed by atoms with Gasteiger partial charge in [0.2, 0.25) is 5.60 Å². The summed E-state index contributed by atoms with van der Waals surface area (Å²) in [5, 5.41) is 22.2. The number of nitrogens with zero attached hydrogens (tertiary/aromatic N) is 4. The highest BCUT2D eigenvalue weighted by molar-refractivity contribution is 7.16. The number of rotatable bonds is 10. The Morgan fingerprint density at radius 3 is 2.73 bits per heavy atom. The average Bonchev–Trinajstić information content (AvgIpc) is 3.79. The maximum atomic E-state index is 13.4. The van der Waals surface area contributed by atoms with Gasteiger partial charge < -0.3 is 14.7 Å². The second-order valence-electron chi connectivity index (χ2n) is 11.0. The maximum Gasteiger partial charge on any atom is 0.349 e. The standard InChI is InChI=1S/C30H33ClN4O4S2/c1-34(14-4-15-35-28-23-6-2-5-22(23)19(18-36)17-24(28)32-33-35)20-8-10-21(11-9-20)39-29(37)30(38,25-7-3-16-40-25)26-12-13-27(31)41-26/h3,7,12-13,16-18,20-21,38H,2,4-6,8-11,14-15H2,1H3/t20?,21?,30-/m1/s1. The molecule has 2 aliphatic carbocycles. The summed E-state index contributed by atoms with van der Waals surface area (Å²) >= 11 is 8.65. The number of hydrogen-bond acceptors (Lipinski definition) is 9. The van der Waals surface area contributed by atoms with Crippen molar-refractivity contribution in [3.8, 4) is 0 Å². The molecule has 11 heteroatoms. The van der Waals surface area contributed by atoms with E-state index < -0.39 is 11.6 Å². The van der Waals surface area contributed by atoms with Crippen LogP contribution in [0.4, 0.5) is 0 Å². The Labute approximate surface area is 251 Å². The van der Waals surface area contributed by atoms with Crippen molar-refractivity contribution in [1.29, 1.82) is 0 Å². The zero-order valence-electron chi connectivity index (χ0n) is 22.9. The van der Waals surface area contributed by atoms with Crippen molar-refractivity contribution in [2.45, 2.75) is 75.7 Å². The summed E-state index contributed by atoms with van der Waals surface area (Å²) in [4.78, 5) is 28.3.